The molecule has 2 rings (SSSR count). The predicted molar refractivity (Wildman–Crippen MR) is 73.5 cm³/mol. The third-order valence-electron chi connectivity index (χ3n) is 3.61. The fraction of sp³-hybridized carbons (Fsp3) is 0.533. The Morgan fingerprint density at radius 2 is 1.90 bits per heavy atom. The highest BCUT2D eigenvalue weighted by Gasteiger charge is 2.30. The minimum absolute atomic E-state index is 0.267. The summed E-state index contributed by atoms with van der Waals surface area (Å²) in [4.78, 5) is 14.0. The number of benzene rings is 1. The van der Waals surface area contributed by atoms with Gasteiger partial charge in [0.2, 0.25) is 0 Å². The highest BCUT2D eigenvalue weighted by molar-refractivity contribution is 5.94. The second-order valence-corrected chi connectivity index (χ2v) is 5.54. The van der Waals surface area contributed by atoms with Gasteiger partial charge in [-0.2, -0.15) is 0 Å². The molecule has 116 valence electrons. The zero-order valence-corrected chi connectivity index (χ0v) is 12.1. The van der Waals surface area contributed by atoms with Crippen LogP contribution in [0.1, 0.15) is 37.0 Å². The molecule has 0 aromatic heterocycles. The number of nitrogens with zero attached hydrogens (tertiary/aromatic N) is 1. The van der Waals surface area contributed by atoms with Gasteiger partial charge in [0.25, 0.3) is 5.91 Å². The lowest BCUT2D eigenvalue weighted by molar-refractivity contribution is 0.0934. The monoisotopic (exact) mass is 300 g/mol. The Kier molecular flexibility index (Phi) is 4.88. The summed E-state index contributed by atoms with van der Waals surface area (Å²) in [5, 5.41) is 2.45. The van der Waals surface area contributed by atoms with Gasteiger partial charge in [0, 0.05) is 25.2 Å². The van der Waals surface area contributed by atoms with Crippen LogP contribution in [-0.2, 0) is 0 Å². The minimum Gasteiger partial charge on any atom is -0.351 e. The molecular weight excluding hydrogens is 281 g/mol. The van der Waals surface area contributed by atoms with Crippen LogP contribution in [-0.4, -0.2) is 36.0 Å². The van der Waals surface area contributed by atoms with E-state index in [2.05, 4.69) is 24.1 Å². The molecule has 3 nitrogen and oxygen atoms in total. The molecule has 0 bridgehead atoms. The van der Waals surface area contributed by atoms with Crippen molar-refractivity contribution < 1.29 is 18.0 Å². The van der Waals surface area contributed by atoms with E-state index >= 15 is 0 Å². The summed E-state index contributed by atoms with van der Waals surface area (Å²) in [6, 6.07) is 2.29. The first-order chi connectivity index (χ1) is 9.91. The molecule has 1 amide bonds. The maximum atomic E-state index is 13.5. The quantitative estimate of drug-likeness (QED) is 0.819. The van der Waals surface area contributed by atoms with Crippen LogP contribution in [0.2, 0.25) is 0 Å². The van der Waals surface area contributed by atoms with Crippen LogP contribution in [0, 0.1) is 17.5 Å². The Hall–Kier alpha value is -1.56. The van der Waals surface area contributed by atoms with Gasteiger partial charge >= 0.3 is 0 Å². The van der Waals surface area contributed by atoms with Gasteiger partial charge in [0.15, 0.2) is 11.6 Å². The lowest BCUT2D eigenvalue weighted by Gasteiger charge is -2.26. The number of carbonyl (C=O) groups excluding carboxylic acids is 1. The van der Waals surface area contributed by atoms with Crippen LogP contribution >= 0.6 is 0 Å². The van der Waals surface area contributed by atoms with E-state index < -0.39 is 28.9 Å². The standard InChI is InChI=1S/C15H19F3N2O/c1-9(2)20(10-3-4-10)8-7-19-15(21)13-11(16)5-6-12(17)14(13)18/h5-6,9-10H,3-4,7-8H2,1-2H3,(H,19,21). The molecule has 0 heterocycles. The highest BCUT2D eigenvalue weighted by atomic mass is 19.2. The molecule has 0 saturated heterocycles. The van der Waals surface area contributed by atoms with Crippen molar-refractivity contribution >= 4 is 5.91 Å². The molecule has 1 aliphatic carbocycles. The van der Waals surface area contributed by atoms with E-state index in [9.17, 15) is 18.0 Å². The van der Waals surface area contributed by atoms with Crippen LogP contribution in [0.3, 0.4) is 0 Å². The first-order valence-electron chi connectivity index (χ1n) is 7.09. The first-order valence-corrected chi connectivity index (χ1v) is 7.09. The molecule has 1 saturated carbocycles. The van der Waals surface area contributed by atoms with E-state index in [1.807, 2.05) is 0 Å². The summed E-state index contributed by atoms with van der Waals surface area (Å²) < 4.78 is 40.0. The van der Waals surface area contributed by atoms with Crippen molar-refractivity contribution in [3.63, 3.8) is 0 Å². The number of halogens is 3. The normalized spacial score (nSPS) is 14.8. The first kappa shape index (κ1) is 15.8. The van der Waals surface area contributed by atoms with E-state index in [4.69, 9.17) is 0 Å². The molecule has 0 atom stereocenters. The molecule has 0 unspecified atom stereocenters. The summed E-state index contributed by atoms with van der Waals surface area (Å²) in [6.45, 7) is 4.99. The largest absolute Gasteiger partial charge is 0.351 e. The van der Waals surface area contributed by atoms with Crippen molar-refractivity contribution in [3.05, 3.63) is 35.1 Å². The predicted octanol–water partition coefficient (Wildman–Crippen LogP) is 2.71. The van der Waals surface area contributed by atoms with Crippen molar-refractivity contribution in [1.82, 2.24) is 10.2 Å². The number of rotatable bonds is 6. The van der Waals surface area contributed by atoms with E-state index in [1.54, 1.807) is 0 Å². The third-order valence-corrected chi connectivity index (χ3v) is 3.61. The van der Waals surface area contributed by atoms with Gasteiger partial charge in [0.1, 0.15) is 11.4 Å². The summed E-state index contributed by atoms with van der Waals surface area (Å²) in [5.41, 5.74) is -0.863. The number of hydrogen-bond donors (Lipinski definition) is 1. The molecule has 1 aromatic rings. The topological polar surface area (TPSA) is 32.3 Å². The molecule has 1 aliphatic rings. The Morgan fingerprint density at radius 3 is 2.48 bits per heavy atom. The number of nitrogens with one attached hydrogen (secondary N) is 1. The second-order valence-electron chi connectivity index (χ2n) is 5.54. The Bertz CT molecular complexity index is 528. The maximum absolute atomic E-state index is 13.5. The average molecular weight is 300 g/mol. The van der Waals surface area contributed by atoms with E-state index in [1.165, 1.54) is 0 Å². The van der Waals surface area contributed by atoms with Crippen LogP contribution in [0.5, 0.6) is 0 Å². The molecule has 0 spiro atoms. The fourth-order valence-corrected chi connectivity index (χ4v) is 2.39. The van der Waals surface area contributed by atoms with E-state index in [-0.39, 0.29) is 6.54 Å². The van der Waals surface area contributed by atoms with Gasteiger partial charge in [-0.1, -0.05) is 0 Å². The third kappa shape index (κ3) is 3.75. The average Bonchev–Trinajstić information content (AvgIpc) is 3.23. The summed E-state index contributed by atoms with van der Waals surface area (Å²) in [5.74, 6) is -4.67. The Morgan fingerprint density at radius 1 is 1.29 bits per heavy atom. The molecule has 6 heteroatoms. The molecule has 0 radical (unpaired) electrons. The zero-order valence-electron chi connectivity index (χ0n) is 12.1. The molecule has 1 N–H and O–H groups in total. The molecule has 21 heavy (non-hydrogen) atoms. The number of amides is 1. The van der Waals surface area contributed by atoms with Crippen LogP contribution in [0.15, 0.2) is 12.1 Å². The van der Waals surface area contributed by atoms with Gasteiger partial charge in [-0.15, -0.1) is 0 Å². The Labute approximate surface area is 122 Å². The molecule has 1 fully saturated rings. The second kappa shape index (κ2) is 6.47. The van der Waals surface area contributed by atoms with Gasteiger partial charge in [-0.3, -0.25) is 9.69 Å². The molecular formula is C15H19F3N2O. The van der Waals surface area contributed by atoms with Crippen molar-refractivity contribution in [2.45, 2.75) is 38.8 Å². The smallest absolute Gasteiger partial charge is 0.257 e. The van der Waals surface area contributed by atoms with E-state index in [0.717, 1.165) is 18.9 Å². The lowest BCUT2D eigenvalue weighted by atomic mass is 10.1. The summed E-state index contributed by atoms with van der Waals surface area (Å²) in [7, 11) is 0. The summed E-state index contributed by atoms with van der Waals surface area (Å²) in [6.07, 6.45) is 2.28. The maximum Gasteiger partial charge on any atom is 0.257 e. The SMILES string of the molecule is CC(C)N(CCNC(=O)c1c(F)ccc(F)c1F)C1CC1. The van der Waals surface area contributed by atoms with Gasteiger partial charge in [0.05, 0.1) is 0 Å². The number of hydrogen-bond acceptors (Lipinski definition) is 2. The number of carbonyl (C=O) groups is 1. The van der Waals surface area contributed by atoms with Gasteiger partial charge < -0.3 is 5.32 Å². The fourth-order valence-electron chi connectivity index (χ4n) is 2.39. The lowest BCUT2D eigenvalue weighted by Crippen LogP contribution is -2.40. The van der Waals surface area contributed by atoms with Crippen molar-refractivity contribution in [2.24, 2.45) is 0 Å². The van der Waals surface area contributed by atoms with Gasteiger partial charge in [-0.25, -0.2) is 13.2 Å². The van der Waals surface area contributed by atoms with Crippen LogP contribution in [0.4, 0.5) is 13.2 Å². The zero-order chi connectivity index (χ0) is 15.6. The van der Waals surface area contributed by atoms with Crippen LogP contribution < -0.4 is 5.32 Å². The van der Waals surface area contributed by atoms with Crippen LogP contribution in [0.25, 0.3) is 0 Å². The molecule has 0 aliphatic heterocycles. The highest BCUT2D eigenvalue weighted by Crippen LogP contribution is 2.28. The van der Waals surface area contributed by atoms with Gasteiger partial charge in [-0.05, 0) is 38.8 Å². The van der Waals surface area contributed by atoms with Crippen molar-refractivity contribution in [2.75, 3.05) is 13.1 Å². The molecule has 1 aromatic carbocycles. The summed E-state index contributed by atoms with van der Waals surface area (Å²) >= 11 is 0. The minimum atomic E-state index is -1.45. The Balaban J connectivity index is 1.94. The van der Waals surface area contributed by atoms with Crippen molar-refractivity contribution in [3.8, 4) is 0 Å². The van der Waals surface area contributed by atoms with Crippen molar-refractivity contribution in [1.29, 1.82) is 0 Å². The van der Waals surface area contributed by atoms with E-state index in [0.29, 0.717) is 24.7 Å².